The third-order valence-corrected chi connectivity index (χ3v) is 2.65. The van der Waals surface area contributed by atoms with Crippen LogP contribution in [0.2, 0.25) is 0 Å². The first-order chi connectivity index (χ1) is 6.77. The Labute approximate surface area is 86.4 Å². The van der Waals surface area contributed by atoms with E-state index in [9.17, 15) is 4.79 Å². The Morgan fingerprint density at radius 1 is 1.50 bits per heavy atom. The number of aromatic nitrogens is 3. The first kappa shape index (κ1) is 9.45. The number of alkyl halides is 1. The average Bonchev–Trinajstić information content (AvgIpc) is 2.79. The molecule has 14 heavy (non-hydrogen) atoms. The molecule has 0 aliphatic heterocycles. The van der Waals surface area contributed by atoms with Gasteiger partial charge in [-0.2, -0.15) is 15.0 Å². The highest BCUT2D eigenvalue weighted by atomic mass is 35.5. The van der Waals surface area contributed by atoms with Crippen LogP contribution in [-0.4, -0.2) is 33.3 Å². The number of hydrogen-bond acceptors (Lipinski definition) is 3. The van der Waals surface area contributed by atoms with Crippen LogP contribution < -0.4 is 5.32 Å². The number of rotatable bonds is 4. The molecule has 1 aliphatic carbocycles. The first-order valence-electron chi connectivity index (χ1n) is 4.46. The van der Waals surface area contributed by atoms with Crippen LogP contribution in [0, 0.1) is 0 Å². The normalized spacial score (nSPS) is 17.8. The summed E-state index contributed by atoms with van der Waals surface area (Å²) in [5.74, 6) is -0.145. The molecule has 0 atom stereocenters. The van der Waals surface area contributed by atoms with E-state index in [4.69, 9.17) is 11.6 Å². The molecule has 1 aromatic heterocycles. The summed E-state index contributed by atoms with van der Waals surface area (Å²) in [5.41, 5.74) is -0.0920. The molecule has 6 heteroatoms. The van der Waals surface area contributed by atoms with E-state index in [2.05, 4.69) is 15.5 Å². The molecule has 0 unspecified atom stereocenters. The fourth-order valence-corrected chi connectivity index (χ4v) is 1.46. The molecule has 1 aromatic rings. The molecule has 1 fully saturated rings. The summed E-state index contributed by atoms with van der Waals surface area (Å²) in [5, 5.41) is 10.9. The number of nitrogens with zero attached hydrogens (tertiary/aromatic N) is 3. The Bertz CT molecular complexity index is 320. The summed E-state index contributed by atoms with van der Waals surface area (Å²) in [6.45, 7) is 0.563. The quantitative estimate of drug-likeness (QED) is 0.725. The van der Waals surface area contributed by atoms with Crippen molar-refractivity contribution in [3.8, 4) is 0 Å². The maximum atomic E-state index is 11.0. The summed E-state index contributed by atoms with van der Waals surface area (Å²) >= 11 is 5.38. The molecule has 0 aromatic carbocycles. The van der Waals surface area contributed by atoms with Crippen LogP contribution in [-0.2, 0) is 10.3 Å². The van der Waals surface area contributed by atoms with Gasteiger partial charge in [0.2, 0.25) is 5.91 Å². The van der Waals surface area contributed by atoms with Crippen molar-refractivity contribution in [2.75, 3.05) is 12.4 Å². The number of carbonyl (C=O) groups excluding carboxylic acids is 1. The zero-order valence-electron chi connectivity index (χ0n) is 7.61. The van der Waals surface area contributed by atoms with Gasteiger partial charge in [0.05, 0.1) is 17.9 Å². The van der Waals surface area contributed by atoms with Crippen LogP contribution >= 0.6 is 11.6 Å². The number of nitrogens with one attached hydrogen (secondary N) is 1. The van der Waals surface area contributed by atoms with Gasteiger partial charge in [0, 0.05) is 6.54 Å². The lowest BCUT2D eigenvalue weighted by atomic mass is 10.3. The Balaban J connectivity index is 1.94. The molecule has 1 saturated carbocycles. The summed E-state index contributed by atoms with van der Waals surface area (Å²) in [4.78, 5) is 12.6. The molecular formula is C8H11ClN4O. The van der Waals surface area contributed by atoms with Gasteiger partial charge < -0.3 is 5.32 Å². The average molecular weight is 215 g/mol. The van der Waals surface area contributed by atoms with Gasteiger partial charge in [0.15, 0.2) is 0 Å². The molecule has 76 valence electrons. The minimum Gasteiger partial charge on any atom is -0.353 e. The van der Waals surface area contributed by atoms with Crippen molar-refractivity contribution >= 4 is 17.5 Å². The first-order valence-corrected chi connectivity index (χ1v) is 5.00. The van der Waals surface area contributed by atoms with Gasteiger partial charge in [0.1, 0.15) is 5.88 Å². The Kier molecular flexibility index (Phi) is 2.41. The lowest BCUT2D eigenvalue weighted by Crippen LogP contribution is -2.37. The second-order valence-corrected chi connectivity index (χ2v) is 3.72. The third-order valence-electron chi connectivity index (χ3n) is 2.41. The molecule has 0 bridgehead atoms. The van der Waals surface area contributed by atoms with Crippen molar-refractivity contribution in [2.24, 2.45) is 0 Å². The van der Waals surface area contributed by atoms with Crippen LogP contribution in [0.15, 0.2) is 12.4 Å². The molecule has 0 radical (unpaired) electrons. The van der Waals surface area contributed by atoms with E-state index in [0.717, 1.165) is 12.8 Å². The fourth-order valence-electron chi connectivity index (χ4n) is 1.36. The highest BCUT2D eigenvalue weighted by molar-refractivity contribution is 6.27. The summed E-state index contributed by atoms with van der Waals surface area (Å²) in [7, 11) is 0. The lowest BCUT2D eigenvalue weighted by Gasteiger charge is -2.14. The van der Waals surface area contributed by atoms with E-state index in [1.165, 1.54) is 0 Å². The highest BCUT2D eigenvalue weighted by Crippen LogP contribution is 2.41. The fraction of sp³-hybridized carbons (Fsp3) is 0.625. The molecule has 0 saturated heterocycles. The molecule has 1 heterocycles. The van der Waals surface area contributed by atoms with Crippen LogP contribution in [0.5, 0.6) is 0 Å². The summed E-state index contributed by atoms with van der Waals surface area (Å²) in [6, 6.07) is 0. The molecule has 1 aliphatic rings. The van der Waals surface area contributed by atoms with Crippen molar-refractivity contribution in [3.63, 3.8) is 0 Å². The number of carbonyl (C=O) groups is 1. The van der Waals surface area contributed by atoms with Crippen LogP contribution in [0.25, 0.3) is 0 Å². The largest absolute Gasteiger partial charge is 0.353 e. The summed E-state index contributed by atoms with van der Waals surface area (Å²) in [6.07, 6.45) is 5.29. The van der Waals surface area contributed by atoms with E-state index in [-0.39, 0.29) is 17.3 Å². The van der Waals surface area contributed by atoms with Crippen LogP contribution in [0.4, 0.5) is 0 Å². The molecule has 5 nitrogen and oxygen atoms in total. The van der Waals surface area contributed by atoms with Crippen molar-refractivity contribution in [1.29, 1.82) is 0 Å². The van der Waals surface area contributed by atoms with E-state index in [0.29, 0.717) is 6.54 Å². The lowest BCUT2D eigenvalue weighted by molar-refractivity contribution is -0.118. The second-order valence-electron chi connectivity index (χ2n) is 3.45. The minimum absolute atomic E-state index is 0.00259. The monoisotopic (exact) mass is 214 g/mol. The van der Waals surface area contributed by atoms with E-state index < -0.39 is 0 Å². The Morgan fingerprint density at radius 2 is 2.14 bits per heavy atom. The smallest absolute Gasteiger partial charge is 0.235 e. The second kappa shape index (κ2) is 3.57. The summed E-state index contributed by atoms with van der Waals surface area (Å²) < 4.78 is 0. The van der Waals surface area contributed by atoms with Crippen molar-refractivity contribution < 1.29 is 4.79 Å². The SMILES string of the molecule is O=C(CCl)NCC1(n2nccn2)CC1. The molecule has 1 amide bonds. The van der Waals surface area contributed by atoms with E-state index in [1.807, 2.05) is 0 Å². The third kappa shape index (κ3) is 1.72. The van der Waals surface area contributed by atoms with Gasteiger partial charge in [-0.1, -0.05) is 0 Å². The van der Waals surface area contributed by atoms with Crippen molar-refractivity contribution in [1.82, 2.24) is 20.3 Å². The van der Waals surface area contributed by atoms with Gasteiger partial charge in [-0.3, -0.25) is 4.79 Å². The zero-order valence-corrected chi connectivity index (χ0v) is 8.37. The molecule has 2 rings (SSSR count). The Hall–Kier alpha value is -1.10. The van der Waals surface area contributed by atoms with Gasteiger partial charge in [0.25, 0.3) is 0 Å². The standard InChI is InChI=1S/C8H11ClN4O/c9-5-7(14)10-6-8(1-2-8)13-11-3-4-12-13/h3-4H,1-2,5-6H2,(H,10,14). The minimum atomic E-state index is -0.148. The maximum absolute atomic E-state index is 11.0. The van der Waals surface area contributed by atoms with Crippen LogP contribution in [0.3, 0.4) is 0 Å². The zero-order chi connectivity index (χ0) is 10.0. The number of amides is 1. The van der Waals surface area contributed by atoms with Gasteiger partial charge in [-0.05, 0) is 12.8 Å². The predicted molar refractivity (Wildman–Crippen MR) is 51.0 cm³/mol. The maximum Gasteiger partial charge on any atom is 0.235 e. The number of halogens is 1. The highest BCUT2D eigenvalue weighted by Gasteiger charge is 2.46. The molecular weight excluding hydrogens is 204 g/mol. The van der Waals surface area contributed by atoms with Gasteiger partial charge in [-0.25, -0.2) is 0 Å². The van der Waals surface area contributed by atoms with Gasteiger partial charge in [-0.15, -0.1) is 11.6 Å². The topological polar surface area (TPSA) is 59.8 Å². The van der Waals surface area contributed by atoms with E-state index >= 15 is 0 Å². The molecule has 1 N–H and O–H groups in total. The predicted octanol–water partition coefficient (Wildman–Crippen LogP) is 0.122. The molecule has 0 spiro atoms. The Morgan fingerprint density at radius 3 is 2.64 bits per heavy atom. The number of hydrogen-bond donors (Lipinski definition) is 1. The van der Waals surface area contributed by atoms with Crippen molar-refractivity contribution in [2.45, 2.75) is 18.4 Å². The van der Waals surface area contributed by atoms with Gasteiger partial charge >= 0.3 is 0 Å². The van der Waals surface area contributed by atoms with Crippen molar-refractivity contribution in [3.05, 3.63) is 12.4 Å². The van der Waals surface area contributed by atoms with Crippen LogP contribution in [0.1, 0.15) is 12.8 Å². The van der Waals surface area contributed by atoms with E-state index in [1.54, 1.807) is 17.2 Å².